The zero-order chi connectivity index (χ0) is 17.4. The molecule has 3 aliphatic rings. The van der Waals surface area contributed by atoms with Gasteiger partial charge in [0.15, 0.2) is 0 Å². The lowest BCUT2D eigenvalue weighted by Crippen LogP contribution is -2.53. The van der Waals surface area contributed by atoms with E-state index in [-0.39, 0.29) is 11.9 Å². The first-order chi connectivity index (χ1) is 12.1. The molecule has 25 heavy (non-hydrogen) atoms. The first-order valence-corrected chi connectivity index (χ1v) is 9.94. The standard InChI is InChI=1S/C21H30N2O2/c1-2-16-5-3-4-6-18(16)17-8-13-22(14-9-17)20(24)19-7-10-21(11-12-21)15-23(19)25/h3-6,17,19,25H,2,7-15H2,1H3. The Labute approximate surface area is 150 Å². The topological polar surface area (TPSA) is 43.8 Å². The lowest BCUT2D eigenvalue weighted by atomic mass is 9.85. The largest absolute Gasteiger partial charge is 0.341 e. The van der Waals surface area contributed by atoms with Gasteiger partial charge in [0.05, 0.1) is 0 Å². The van der Waals surface area contributed by atoms with Crippen molar-refractivity contribution in [2.75, 3.05) is 19.6 Å². The fourth-order valence-electron chi connectivity index (χ4n) is 4.84. The number of nitrogens with zero attached hydrogens (tertiary/aromatic N) is 2. The third-order valence-corrected chi connectivity index (χ3v) is 6.73. The fraction of sp³-hybridized carbons (Fsp3) is 0.667. The van der Waals surface area contributed by atoms with Crippen molar-refractivity contribution in [3.8, 4) is 0 Å². The number of amides is 1. The molecule has 1 aliphatic carbocycles. The minimum atomic E-state index is -0.314. The van der Waals surface area contributed by atoms with Crippen molar-refractivity contribution in [1.82, 2.24) is 9.96 Å². The number of rotatable bonds is 3. The molecule has 136 valence electrons. The van der Waals surface area contributed by atoms with Gasteiger partial charge >= 0.3 is 0 Å². The first-order valence-electron chi connectivity index (χ1n) is 9.94. The zero-order valence-corrected chi connectivity index (χ0v) is 15.3. The summed E-state index contributed by atoms with van der Waals surface area (Å²) < 4.78 is 0. The number of hydroxylamine groups is 2. The molecule has 1 aromatic carbocycles. The van der Waals surface area contributed by atoms with Gasteiger partial charge in [0, 0.05) is 19.6 Å². The minimum absolute atomic E-state index is 0.139. The van der Waals surface area contributed by atoms with Crippen LogP contribution >= 0.6 is 0 Å². The number of benzene rings is 1. The second-order valence-corrected chi connectivity index (χ2v) is 8.30. The molecule has 4 rings (SSSR count). The smallest absolute Gasteiger partial charge is 0.242 e. The molecule has 1 atom stereocenters. The second kappa shape index (κ2) is 6.73. The van der Waals surface area contributed by atoms with Crippen LogP contribution in [0.15, 0.2) is 24.3 Å². The molecule has 1 unspecified atom stereocenters. The Bertz CT molecular complexity index is 633. The average Bonchev–Trinajstić information content (AvgIpc) is 3.40. The zero-order valence-electron chi connectivity index (χ0n) is 15.3. The van der Waals surface area contributed by atoms with E-state index in [2.05, 4.69) is 31.2 Å². The fourth-order valence-corrected chi connectivity index (χ4v) is 4.84. The van der Waals surface area contributed by atoms with E-state index < -0.39 is 0 Å². The van der Waals surface area contributed by atoms with Crippen LogP contribution in [0.5, 0.6) is 0 Å². The van der Waals surface area contributed by atoms with Crippen LogP contribution in [0.1, 0.15) is 62.5 Å². The van der Waals surface area contributed by atoms with Crippen molar-refractivity contribution in [2.45, 2.75) is 63.8 Å². The molecular formula is C21H30N2O2. The summed E-state index contributed by atoms with van der Waals surface area (Å²) in [5, 5.41) is 11.7. The molecule has 0 bridgehead atoms. The van der Waals surface area contributed by atoms with Crippen LogP contribution in [-0.2, 0) is 11.2 Å². The van der Waals surface area contributed by atoms with Gasteiger partial charge in [-0.2, -0.15) is 5.06 Å². The Morgan fingerprint density at radius 3 is 2.52 bits per heavy atom. The highest BCUT2D eigenvalue weighted by molar-refractivity contribution is 5.82. The van der Waals surface area contributed by atoms with Crippen LogP contribution in [0.3, 0.4) is 0 Å². The van der Waals surface area contributed by atoms with E-state index in [0.29, 0.717) is 17.9 Å². The second-order valence-electron chi connectivity index (χ2n) is 8.30. The van der Waals surface area contributed by atoms with E-state index in [1.54, 1.807) is 0 Å². The maximum absolute atomic E-state index is 12.9. The molecule has 3 fully saturated rings. The summed E-state index contributed by atoms with van der Waals surface area (Å²) in [6, 6.07) is 8.42. The molecule has 2 heterocycles. The van der Waals surface area contributed by atoms with Gasteiger partial charge < -0.3 is 10.1 Å². The van der Waals surface area contributed by atoms with E-state index in [4.69, 9.17) is 0 Å². The van der Waals surface area contributed by atoms with Crippen LogP contribution in [0.4, 0.5) is 0 Å². The minimum Gasteiger partial charge on any atom is -0.341 e. The van der Waals surface area contributed by atoms with Crippen LogP contribution < -0.4 is 0 Å². The number of hydrogen-bond acceptors (Lipinski definition) is 3. The van der Waals surface area contributed by atoms with Gasteiger partial charge in [-0.1, -0.05) is 31.2 Å². The molecule has 0 radical (unpaired) electrons. The van der Waals surface area contributed by atoms with Gasteiger partial charge in [-0.3, -0.25) is 4.79 Å². The summed E-state index contributed by atoms with van der Waals surface area (Å²) >= 11 is 0. The predicted octanol–water partition coefficient (Wildman–Crippen LogP) is 3.59. The van der Waals surface area contributed by atoms with Gasteiger partial charge in [-0.25, -0.2) is 0 Å². The highest BCUT2D eigenvalue weighted by atomic mass is 16.5. The van der Waals surface area contributed by atoms with Crippen molar-refractivity contribution in [3.05, 3.63) is 35.4 Å². The third kappa shape index (κ3) is 3.34. The number of carbonyl (C=O) groups is 1. The molecule has 1 aromatic rings. The predicted molar refractivity (Wildman–Crippen MR) is 97.6 cm³/mol. The molecule has 1 N–H and O–H groups in total. The molecule has 1 saturated carbocycles. The summed E-state index contributed by atoms with van der Waals surface area (Å²) in [4.78, 5) is 14.9. The van der Waals surface area contributed by atoms with Crippen LogP contribution in [0, 0.1) is 5.41 Å². The maximum Gasteiger partial charge on any atom is 0.242 e. The molecule has 2 saturated heterocycles. The van der Waals surface area contributed by atoms with E-state index in [0.717, 1.165) is 45.2 Å². The Kier molecular flexibility index (Phi) is 4.59. The summed E-state index contributed by atoms with van der Waals surface area (Å²) in [7, 11) is 0. The summed E-state index contributed by atoms with van der Waals surface area (Å²) in [6.07, 6.45) is 7.48. The average molecular weight is 342 g/mol. The molecule has 0 aromatic heterocycles. The monoisotopic (exact) mass is 342 g/mol. The van der Waals surface area contributed by atoms with E-state index in [1.807, 2.05) is 4.90 Å². The van der Waals surface area contributed by atoms with Gasteiger partial charge in [0.2, 0.25) is 5.91 Å². The molecule has 4 heteroatoms. The van der Waals surface area contributed by atoms with E-state index in [1.165, 1.54) is 29.0 Å². The van der Waals surface area contributed by atoms with Gasteiger partial charge in [0.1, 0.15) is 6.04 Å². The number of piperidine rings is 2. The molecule has 1 spiro atoms. The molecular weight excluding hydrogens is 312 g/mol. The van der Waals surface area contributed by atoms with Crippen molar-refractivity contribution in [3.63, 3.8) is 0 Å². The molecule has 4 nitrogen and oxygen atoms in total. The van der Waals surface area contributed by atoms with Crippen molar-refractivity contribution < 1.29 is 10.0 Å². The first kappa shape index (κ1) is 17.0. The SMILES string of the molecule is CCc1ccccc1C1CCN(C(=O)C2CCC3(CC3)CN2O)CC1. The van der Waals surface area contributed by atoms with Gasteiger partial charge in [-0.15, -0.1) is 0 Å². The quantitative estimate of drug-likeness (QED) is 0.913. The van der Waals surface area contributed by atoms with Gasteiger partial charge in [-0.05, 0) is 67.4 Å². The van der Waals surface area contributed by atoms with Crippen molar-refractivity contribution in [2.24, 2.45) is 5.41 Å². The number of likely N-dealkylation sites (tertiary alicyclic amines) is 1. The summed E-state index contributed by atoms with van der Waals surface area (Å²) in [5.74, 6) is 0.701. The Hall–Kier alpha value is -1.39. The lowest BCUT2D eigenvalue weighted by molar-refractivity contribution is -0.180. The normalized spacial score (nSPS) is 26.8. The van der Waals surface area contributed by atoms with Crippen LogP contribution in [-0.4, -0.2) is 46.8 Å². The van der Waals surface area contributed by atoms with Crippen molar-refractivity contribution >= 4 is 5.91 Å². The van der Waals surface area contributed by atoms with Crippen LogP contribution in [0.2, 0.25) is 0 Å². The molecule has 2 aliphatic heterocycles. The van der Waals surface area contributed by atoms with E-state index >= 15 is 0 Å². The Balaban J connectivity index is 1.36. The lowest BCUT2D eigenvalue weighted by Gasteiger charge is -2.40. The summed E-state index contributed by atoms with van der Waals surface area (Å²) in [6.45, 7) is 4.53. The highest BCUT2D eigenvalue weighted by Crippen LogP contribution is 2.52. The Morgan fingerprint density at radius 1 is 1.16 bits per heavy atom. The summed E-state index contributed by atoms with van der Waals surface area (Å²) in [5.41, 5.74) is 3.24. The number of aryl methyl sites for hydroxylation is 1. The Morgan fingerprint density at radius 2 is 1.88 bits per heavy atom. The van der Waals surface area contributed by atoms with E-state index in [9.17, 15) is 10.0 Å². The maximum atomic E-state index is 12.9. The highest BCUT2D eigenvalue weighted by Gasteiger charge is 2.49. The van der Waals surface area contributed by atoms with Gasteiger partial charge in [0.25, 0.3) is 0 Å². The number of carbonyl (C=O) groups excluding carboxylic acids is 1. The third-order valence-electron chi connectivity index (χ3n) is 6.73. The number of hydrogen-bond donors (Lipinski definition) is 1. The van der Waals surface area contributed by atoms with Crippen LogP contribution in [0.25, 0.3) is 0 Å². The van der Waals surface area contributed by atoms with Crippen molar-refractivity contribution in [1.29, 1.82) is 0 Å². The molecule has 1 amide bonds.